The summed E-state index contributed by atoms with van der Waals surface area (Å²) < 4.78 is 4.87. The summed E-state index contributed by atoms with van der Waals surface area (Å²) in [7, 11) is 1.58. The first-order chi connectivity index (χ1) is 6.72. The highest BCUT2D eigenvalue weighted by Gasteiger charge is 2.07. The molecule has 1 aromatic rings. The third kappa shape index (κ3) is 3.67. The summed E-state index contributed by atoms with van der Waals surface area (Å²) >= 11 is 1.27. The van der Waals surface area contributed by atoms with Gasteiger partial charge in [-0.05, 0) is 6.92 Å². The van der Waals surface area contributed by atoms with Crippen molar-refractivity contribution in [2.24, 2.45) is 0 Å². The van der Waals surface area contributed by atoms with E-state index in [4.69, 9.17) is 4.74 Å². The second kappa shape index (κ2) is 5.51. The molecule has 1 heterocycles. The highest BCUT2D eigenvalue weighted by Crippen LogP contribution is 2.06. The van der Waals surface area contributed by atoms with E-state index in [0.717, 1.165) is 0 Å². The molecule has 0 aromatic carbocycles. The van der Waals surface area contributed by atoms with Gasteiger partial charge in [0.15, 0.2) is 0 Å². The van der Waals surface area contributed by atoms with Crippen molar-refractivity contribution in [2.45, 2.75) is 13.0 Å². The Morgan fingerprint density at radius 1 is 1.79 bits per heavy atom. The first-order valence-electron chi connectivity index (χ1n) is 4.05. The van der Waals surface area contributed by atoms with Gasteiger partial charge in [-0.3, -0.25) is 5.32 Å². The van der Waals surface area contributed by atoms with Crippen molar-refractivity contribution in [3.8, 4) is 0 Å². The minimum Gasteiger partial charge on any atom is -0.383 e. The van der Waals surface area contributed by atoms with Gasteiger partial charge in [-0.2, -0.15) is 0 Å². The van der Waals surface area contributed by atoms with Gasteiger partial charge in [0.05, 0.1) is 12.6 Å². The fourth-order valence-electron chi connectivity index (χ4n) is 0.876. The molecule has 0 spiro atoms. The number of aromatic nitrogens is 2. The third-order valence-corrected chi connectivity index (χ3v) is 1.98. The van der Waals surface area contributed by atoms with Crippen LogP contribution in [0.2, 0.25) is 0 Å². The normalized spacial score (nSPS) is 12.1. The number of ether oxygens (including phenoxy) is 1. The van der Waals surface area contributed by atoms with Crippen molar-refractivity contribution in [1.29, 1.82) is 0 Å². The number of amides is 2. The van der Waals surface area contributed by atoms with E-state index in [1.54, 1.807) is 12.6 Å². The monoisotopic (exact) mass is 216 g/mol. The smallest absolute Gasteiger partial charge is 0.321 e. The Morgan fingerprint density at radius 2 is 2.57 bits per heavy atom. The average Bonchev–Trinajstić information content (AvgIpc) is 2.56. The summed E-state index contributed by atoms with van der Waals surface area (Å²) in [6.07, 6.45) is 0. The van der Waals surface area contributed by atoms with E-state index >= 15 is 0 Å². The molecule has 0 saturated carbocycles. The van der Waals surface area contributed by atoms with Crippen molar-refractivity contribution in [2.75, 3.05) is 19.0 Å². The Hall–Kier alpha value is -1.21. The Labute approximate surface area is 85.7 Å². The maximum atomic E-state index is 11.3. The number of hydrogen-bond acceptors (Lipinski definition) is 5. The van der Waals surface area contributed by atoms with Crippen molar-refractivity contribution >= 4 is 22.5 Å². The number of nitrogens with one attached hydrogen (secondary N) is 2. The highest BCUT2D eigenvalue weighted by atomic mass is 32.1. The van der Waals surface area contributed by atoms with Crippen LogP contribution in [0.5, 0.6) is 0 Å². The molecule has 0 saturated heterocycles. The number of methoxy groups -OCH3 is 1. The lowest BCUT2D eigenvalue weighted by atomic mass is 10.4. The Balaban J connectivity index is 2.29. The Bertz CT molecular complexity index is 277. The molecular formula is C7H12N4O2S. The number of anilines is 1. The van der Waals surface area contributed by atoms with Crippen molar-refractivity contribution in [3.05, 3.63) is 5.51 Å². The highest BCUT2D eigenvalue weighted by molar-refractivity contribution is 7.13. The fraction of sp³-hybridized carbons (Fsp3) is 0.571. The Morgan fingerprint density at radius 3 is 3.14 bits per heavy atom. The van der Waals surface area contributed by atoms with Gasteiger partial charge >= 0.3 is 6.03 Å². The van der Waals surface area contributed by atoms with Gasteiger partial charge in [-0.25, -0.2) is 4.79 Å². The zero-order chi connectivity index (χ0) is 10.4. The second-order valence-corrected chi connectivity index (χ2v) is 3.53. The van der Waals surface area contributed by atoms with Crippen LogP contribution in [0.15, 0.2) is 5.51 Å². The van der Waals surface area contributed by atoms with Crippen LogP contribution in [-0.2, 0) is 4.74 Å². The van der Waals surface area contributed by atoms with Crippen molar-refractivity contribution in [1.82, 2.24) is 15.5 Å². The topological polar surface area (TPSA) is 76.1 Å². The Kier molecular flexibility index (Phi) is 4.27. The quantitative estimate of drug-likeness (QED) is 0.776. The van der Waals surface area contributed by atoms with E-state index in [0.29, 0.717) is 11.7 Å². The fourth-order valence-corrected chi connectivity index (χ4v) is 1.32. The van der Waals surface area contributed by atoms with Crippen molar-refractivity contribution in [3.63, 3.8) is 0 Å². The zero-order valence-corrected chi connectivity index (χ0v) is 8.80. The predicted molar refractivity (Wildman–Crippen MR) is 53.4 cm³/mol. The predicted octanol–water partition coefficient (Wildman–Crippen LogP) is 0.694. The number of carbonyl (C=O) groups is 1. The van der Waals surface area contributed by atoms with E-state index in [1.165, 1.54) is 11.3 Å². The van der Waals surface area contributed by atoms with Gasteiger partial charge in [0.1, 0.15) is 5.51 Å². The molecule has 6 nitrogen and oxygen atoms in total. The molecule has 0 aliphatic heterocycles. The van der Waals surface area contributed by atoms with Crippen LogP contribution in [0.3, 0.4) is 0 Å². The molecule has 2 amide bonds. The first-order valence-corrected chi connectivity index (χ1v) is 4.93. The van der Waals surface area contributed by atoms with E-state index < -0.39 is 0 Å². The van der Waals surface area contributed by atoms with Crippen LogP contribution in [0.4, 0.5) is 9.93 Å². The molecule has 1 rings (SSSR count). The molecule has 0 bridgehead atoms. The molecule has 1 aromatic heterocycles. The summed E-state index contributed by atoms with van der Waals surface area (Å²) in [6.45, 7) is 2.33. The summed E-state index contributed by atoms with van der Waals surface area (Å²) in [5, 5.41) is 13.0. The molecule has 0 radical (unpaired) electrons. The van der Waals surface area contributed by atoms with E-state index in [-0.39, 0.29) is 12.1 Å². The molecule has 2 N–H and O–H groups in total. The van der Waals surface area contributed by atoms with Gasteiger partial charge in [-0.1, -0.05) is 11.3 Å². The largest absolute Gasteiger partial charge is 0.383 e. The van der Waals surface area contributed by atoms with Gasteiger partial charge in [-0.15, -0.1) is 10.2 Å². The van der Waals surface area contributed by atoms with Crippen molar-refractivity contribution < 1.29 is 9.53 Å². The molecule has 1 atom stereocenters. The maximum absolute atomic E-state index is 11.3. The number of urea groups is 1. The second-order valence-electron chi connectivity index (χ2n) is 2.70. The molecule has 0 unspecified atom stereocenters. The van der Waals surface area contributed by atoms with E-state index in [9.17, 15) is 4.79 Å². The molecule has 14 heavy (non-hydrogen) atoms. The van der Waals surface area contributed by atoms with Crippen LogP contribution < -0.4 is 10.6 Å². The maximum Gasteiger partial charge on any atom is 0.321 e. The lowest BCUT2D eigenvalue weighted by Crippen LogP contribution is -2.38. The van der Waals surface area contributed by atoms with Crippen LogP contribution in [0.25, 0.3) is 0 Å². The zero-order valence-electron chi connectivity index (χ0n) is 7.98. The number of nitrogens with zero attached hydrogens (tertiary/aromatic N) is 2. The van der Waals surface area contributed by atoms with Gasteiger partial charge in [0.2, 0.25) is 5.13 Å². The van der Waals surface area contributed by atoms with E-state index in [1.807, 2.05) is 6.92 Å². The lowest BCUT2D eigenvalue weighted by Gasteiger charge is -2.11. The minimum atomic E-state index is -0.300. The van der Waals surface area contributed by atoms with Gasteiger partial charge in [0.25, 0.3) is 0 Å². The summed E-state index contributed by atoms with van der Waals surface area (Å²) in [4.78, 5) is 11.3. The molecule has 78 valence electrons. The number of carbonyl (C=O) groups excluding carboxylic acids is 1. The molecule has 0 aliphatic rings. The van der Waals surface area contributed by atoms with Crippen LogP contribution in [-0.4, -0.2) is 36.0 Å². The summed E-state index contributed by atoms with van der Waals surface area (Å²) in [5.41, 5.74) is 1.55. The SMILES string of the molecule is COC[C@@H](C)NC(=O)Nc1nncs1. The molecule has 7 heteroatoms. The molecule has 0 fully saturated rings. The number of hydrogen-bond donors (Lipinski definition) is 2. The first kappa shape index (κ1) is 10.9. The van der Waals surface area contributed by atoms with Gasteiger partial charge < -0.3 is 10.1 Å². The lowest BCUT2D eigenvalue weighted by molar-refractivity contribution is 0.173. The standard InChI is InChI=1S/C7H12N4O2S/c1-5(3-13-2)9-6(12)10-7-11-8-4-14-7/h4-5H,3H2,1-2H3,(H2,9,10,11,12)/t5-/m1/s1. The van der Waals surface area contributed by atoms with Crippen LogP contribution in [0.1, 0.15) is 6.92 Å². The molecule has 0 aliphatic carbocycles. The van der Waals surface area contributed by atoms with Gasteiger partial charge in [0, 0.05) is 7.11 Å². The third-order valence-electron chi connectivity index (χ3n) is 1.37. The summed E-state index contributed by atoms with van der Waals surface area (Å²) in [6, 6.07) is -0.334. The van der Waals surface area contributed by atoms with E-state index in [2.05, 4.69) is 20.8 Å². The number of rotatable bonds is 4. The minimum absolute atomic E-state index is 0.0343. The van der Waals surface area contributed by atoms with Crippen LogP contribution in [0, 0.1) is 0 Å². The average molecular weight is 216 g/mol. The van der Waals surface area contributed by atoms with Crippen LogP contribution >= 0.6 is 11.3 Å². The summed E-state index contributed by atoms with van der Waals surface area (Å²) in [5.74, 6) is 0. The molecular weight excluding hydrogens is 204 g/mol.